The molecule has 7 heteroatoms. The van der Waals surface area contributed by atoms with Crippen LogP contribution in [-0.4, -0.2) is 45.8 Å². The van der Waals surface area contributed by atoms with Gasteiger partial charge in [0.25, 0.3) is 0 Å². The number of aromatic nitrogens is 4. The van der Waals surface area contributed by atoms with Gasteiger partial charge in [-0.1, -0.05) is 30.7 Å². The first-order valence-corrected chi connectivity index (χ1v) is 10.2. The molecular weight excluding hydrogens is 366 g/mol. The highest BCUT2D eigenvalue weighted by Crippen LogP contribution is 2.38. The Kier molecular flexibility index (Phi) is 5.58. The quantitative estimate of drug-likeness (QED) is 0.592. The fraction of sp³-hybridized carbons (Fsp3) is 0.455. The number of nitrogens with zero attached hydrogens (tertiary/aromatic N) is 4. The minimum atomic E-state index is -0.366. The van der Waals surface area contributed by atoms with E-state index in [0.717, 1.165) is 47.2 Å². The number of carbonyl (C=O) groups is 1. The summed E-state index contributed by atoms with van der Waals surface area (Å²) < 4.78 is 7.01. The molecule has 0 fully saturated rings. The Morgan fingerprint density at radius 1 is 1.31 bits per heavy atom. The summed E-state index contributed by atoms with van der Waals surface area (Å²) in [6, 6.07) is 6.23. The number of Topliss-reactive ketones (excluding diaryl/α,β-unsaturated/α-hetero) is 1. The van der Waals surface area contributed by atoms with Crippen molar-refractivity contribution in [1.82, 2.24) is 19.7 Å². The van der Waals surface area contributed by atoms with Gasteiger partial charge in [-0.2, -0.15) is 10.1 Å². The van der Waals surface area contributed by atoms with Crippen LogP contribution in [0.15, 0.2) is 24.4 Å². The van der Waals surface area contributed by atoms with E-state index in [1.165, 1.54) is 0 Å². The van der Waals surface area contributed by atoms with E-state index in [0.29, 0.717) is 31.2 Å². The predicted molar refractivity (Wildman–Crippen MR) is 112 cm³/mol. The molecular formula is C22H27N5O2. The molecule has 2 heterocycles. The summed E-state index contributed by atoms with van der Waals surface area (Å²) >= 11 is 0. The fourth-order valence-corrected chi connectivity index (χ4v) is 3.94. The molecule has 7 nitrogen and oxygen atoms in total. The number of nitrogens with one attached hydrogen (secondary N) is 1. The zero-order valence-corrected chi connectivity index (χ0v) is 17.2. The Balaban J connectivity index is 1.79. The summed E-state index contributed by atoms with van der Waals surface area (Å²) in [4.78, 5) is 22.4. The van der Waals surface area contributed by atoms with Gasteiger partial charge < -0.3 is 10.1 Å². The molecule has 0 saturated heterocycles. The van der Waals surface area contributed by atoms with Gasteiger partial charge >= 0.3 is 0 Å². The van der Waals surface area contributed by atoms with Crippen LogP contribution in [0.2, 0.25) is 0 Å². The first-order valence-electron chi connectivity index (χ1n) is 10.2. The molecule has 0 spiro atoms. The number of ether oxygens (including phenoxy) is 1. The molecule has 1 aliphatic carbocycles. The van der Waals surface area contributed by atoms with E-state index in [-0.39, 0.29) is 11.7 Å². The smallest absolute Gasteiger partial charge is 0.225 e. The lowest BCUT2D eigenvalue weighted by atomic mass is 9.94. The lowest BCUT2D eigenvalue weighted by molar-refractivity contribution is -0.118. The van der Waals surface area contributed by atoms with Gasteiger partial charge in [-0.15, -0.1) is 0 Å². The SMILES string of the molecule is CCCn1cc2c(C3C(=O)Cc4ccc(C)cc43)nc(NCCCOC)nc2n1. The van der Waals surface area contributed by atoms with Crippen LogP contribution < -0.4 is 5.32 Å². The predicted octanol–water partition coefficient (Wildman–Crippen LogP) is 3.25. The number of methoxy groups -OCH3 is 1. The maximum atomic E-state index is 13.0. The molecule has 152 valence electrons. The Labute approximate surface area is 170 Å². The van der Waals surface area contributed by atoms with Crippen LogP contribution in [0.1, 0.15) is 48.1 Å². The second-order valence-corrected chi connectivity index (χ2v) is 7.61. The molecule has 29 heavy (non-hydrogen) atoms. The van der Waals surface area contributed by atoms with Gasteiger partial charge in [-0.3, -0.25) is 9.48 Å². The number of rotatable bonds is 8. The molecule has 1 aromatic carbocycles. The van der Waals surface area contributed by atoms with E-state index in [2.05, 4.69) is 47.4 Å². The van der Waals surface area contributed by atoms with Gasteiger partial charge in [0.05, 0.1) is 17.0 Å². The topological polar surface area (TPSA) is 81.9 Å². The summed E-state index contributed by atoms with van der Waals surface area (Å²) in [7, 11) is 1.69. The van der Waals surface area contributed by atoms with Gasteiger partial charge in [0.2, 0.25) is 5.95 Å². The molecule has 0 radical (unpaired) electrons. The molecule has 0 bridgehead atoms. The minimum Gasteiger partial charge on any atom is -0.385 e. The Morgan fingerprint density at radius 3 is 2.97 bits per heavy atom. The van der Waals surface area contributed by atoms with E-state index >= 15 is 0 Å². The highest BCUT2D eigenvalue weighted by atomic mass is 16.5. The first-order chi connectivity index (χ1) is 14.1. The molecule has 1 N–H and O–H groups in total. The second-order valence-electron chi connectivity index (χ2n) is 7.61. The molecule has 0 aliphatic heterocycles. The third-order valence-electron chi connectivity index (χ3n) is 5.29. The Morgan fingerprint density at radius 2 is 2.17 bits per heavy atom. The third kappa shape index (κ3) is 3.87. The number of anilines is 1. The van der Waals surface area contributed by atoms with Crippen molar-refractivity contribution in [3.63, 3.8) is 0 Å². The van der Waals surface area contributed by atoms with Crippen molar-refractivity contribution >= 4 is 22.8 Å². The normalized spacial score (nSPS) is 15.8. The number of carbonyl (C=O) groups excluding carboxylic acids is 1. The fourth-order valence-electron chi connectivity index (χ4n) is 3.94. The van der Waals surface area contributed by atoms with E-state index < -0.39 is 0 Å². The molecule has 0 amide bonds. The van der Waals surface area contributed by atoms with E-state index in [4.69, 9.17) is 9.72 Å². The number of ketones is 1. The summed E-state index contributed by atoms with van der Waals surface area (Å²) in [5.41, 5.74) is 4.68. The zero-order chi connectivity index (χ0) is 20.4. The van der Waals surface area contributed by atoms with Crippen molar-refractivity contribution in [3.05, 3.63) is 46.8 Å². The van der Waals surface area contributed by atoms with Crippen LogP contribution in [-0.2, 0) is 22.5 Å². The van der Waals surface area contributed by atoms with Crippen LogP contribution in [0, 0.1) is 6.92 Å². The largest absolute Gasteiger partial charge is 0.385 e. The molecule has 3 aromatic rings. The summed E-state index contributed by atoms with van der Waals surface area (Å²) in [5, 5.41) is 8.75. The van der Waals surface area contributed by atoms with E-state index in [1.54, 1.807) is 7.11 Å². The van der Waals surface area contributed by atoms with Gasteiger partial charge in [0, 0.05) is 39.4 Å². The van der Waals surface area contributed by atoms with Crippen molar-refractivity contribution in [2.24, 2.45) is 0 Å². The number of aryl methyl sites for hydroxylation is 2. The average Bonchev–Trinajstić information content (AvgIpc) is 3.24. The lowest BCUT2D eigenvalue weighted by Crippen LogP contribution is -2.14. The maximum absolute atomic E-state index is 13.0. The Bertz CT molecular complexity index is 1040. The van der Waals surface area contributed by atoms with Crippen molar-refractivity contribution < 1.29 is 9.53 Å². The maximum Gasteiger partial charge on any atom is 0.225 e. The minimum absolute atomic E-state index is 0.180. The monoisotopic (exact) mass is 393 g/mol. The molecule has 1 atom stereocenters. The number of hydrogen-bond donors (Lipinski definition) is 1. The van der Waals surface area contributed by atoms with Gasteiger partial charge in [-0.25, -0.2) is 4.98 Å². The van der Waals surface area contributed by atoms with Crippen molar-refractivity contribution in [2.45, 2.75) is 45.6 Å². The zero-order valence-electron chi connectivity index (χ0n) is 17.2. The standard InChI is InChI=1S/C22H27N5O2/c1-4-9-27-13-17-20(19-16-11-14(2)6-7-15(16)12-18(19)28)24-22(25-21(17)26-27)23-8-5-10-29-3/h6-7,11,13,19H,4-5,8-10,12H2,1-3H3,(H,23,25,26). The molecule has 4 rings (SSSR count). The van der Waals surface area contributed by atoms with Crippen molar-refractivity contribution in [1.29, 1.82) is 0 Å². The molecule has 0 saturated carbocycles. The average molecular weight is 393 g/mol. The number of fused-ring (bicyclic) bond motifs is 2. The number of benzene rings is 1. The van der Waals surface area contributed by atoms with Crippen molar-refractivity contribution in [3.8, 4) is 0 Å². The summed E-state index contributed by atoms with van der Waals surface area (Å²) in [6.45, 7) is 6.34. The van der Waals surface area contributed by atoms with E-state index in [9.17, 15) is 4.79 Å². The van der Waals surface area contributed by atoms with Crippen LogP contribution >= 0.6 is 0 Å². The van der Waals surface area contributed by atoms with Crippen LogP contribution in [0.3, 0.4) is 0 Å². The summed E-state index contributed by atoms with van der Waals surface area (Å²) in [5.74, 6) is 0.327. The van der Waals surface area contributed by atoms with E-state index in [1.807, 2.05) is 10.9 Å². The number of hydrogen-bond acceptors (Lipinski definition) is 6. The second kappa shape index (κ2) is 8.29. The van der Waals surface area contributed by atoms with Crippen LogP contribution in [0.4, 0.5) is 5.95 Å². The molecule has 2 aromatic heterocycles. The highest BCUT2D eigenvalue weighted by Gasteiger charge is 2.35. The van der Waals surface area contributed by atoms with Gasteiger partial charge in [-0.05, 0) is 30.9 Å². The molecule has 1 unspecified atom stereocenters. The van der Waals surface area contributed by atoms with Crippen LogP contribution in [0.5, 0.6) is 0 Å². The lowest BCUT2D eigenvalue weighted by Gasteiger charge is -2.13. The highest BCUT2D eigenvalue weighted by molar-refractivity contribution is 5.98. The van der Waals surface area contributed by atoms with Gasteiger partial charge in [0.15, 0.2) is 11.4 Å². The van der Waals surface area contributed by atoms with Crippen LogP contribution in [0.25, 0.3) is 11.0 Å². The molecule has 1 aliphatic rings. The van der Waals surface area contributed by atoms with Crippen molar-refractivity contribution in [2.75, 3.05) is 25.6 Å². The Hall–Kier alpha value is -2.80. The third-order valence-corrected chi connectivity index (χ3v) is 5.29. The first kappa shape index (κ1) is 19.5. The van der Waals surface area contributed by atoms with Gasteiger partial charge in [0.1, 0.15) is 0 Å². The summed E-state index contributed by atoms with van der Waals surface area (Å²) in [6.07, 6.45) is 4.25.